The lowest BCUT2D eigenvalue weighted by Gasteiger charge is -2.09. The average molecular weight is 241 g/mol. The largest absolute Gasteiger partial charge is 0.352 e. The monoisotopic (exact) mass is 241 g/mol. The van der Waals surface area contributed by atoms with Crippen molar-refractivity contribution in [2.24, 2.45) is 11.7 Å². The molecule has 1 aliphatic rings. The van der Waals surface area contributed by atoms with Gasteiger partial charge in [-0.15, -0.1) is 0 Å². The Hall–Kier alpha value is -1.10. The molecule has 2 amide bonds. The van der Waals surface area contributed by atoms with E-state index in [4.69, 9.17) is 5.73 Å². The molecule has 5 nitrogen and oxygen atoms in total. The fraction of sp³-hybridized carbons (Fsp3) is 0.833. The summed E-state index contributed by atoms with van der Waals surface area (Å²) in [5.41, 5.74) is 5.43. The summed E-state index contributed by atoms with van der Waals surface area (Å²) >= 11 is 0. The molecule has 5 heteroatoms. The molecule has 98 valence electrons. The lowest BCUT2D eigenvalue weighted by molar-refractivity contribution is -0.126. The SMILES string of the molecule is CC(CCN)CCC(=O)NCC(=O)NC1CC1. The van der Waals surface area contributed by atoms with Gasteiger partial charge in [-0.3, -0.25) is 9.59 Å². The molecular weight excluding hydrogens is 218 g/mol. The molecular formula is C12H23N3O2. The Bertz CT molecular complexity index is 264. The average Bonchev–Trinajstić information content (AvgIpc) is 3.08. The molecule has 1 rings (SSSR count). The summed E-state index contributed by atoms with van der Waals surface area (Å²) in [4.78, 5) is 22.7. The topological polar surface area (TPSA) is 84.2 Å². The van der Waals surface area contributed by atoms with Crippen LogP contribution in [0.3, 0.4) is 0 Å². The van der Waals surface area contributed by atoms with Crippen LogP contribution in [0.5, 0.6) is 0 Å². The van der Waals surface area contributed by atoms with Crippen molar-refractivity contribution in [3.05, 3.63) is 0 Å². The van der Waals surface area contributed by atoms with E-state index in [2.05, 4.69) is 17.6 Å². The second-order valence-corrected chi connectivity index (χ2v) is 4.84. The minimum Gasteiger partial charge on any atom is -0.352 e. The Kier molecular flexibility index (Phi) is 5.97. The van der Waals surface area contributed by atoms with Crippen molar-refractivity contribution < 1.29 is 9.59 Å². The van der Waals surface area contributed by atoms with Crippen molar-refractivity contribution in [1.82, 2.24) is 10.6 Å². The van der Waals surface area contributed by atoms with Crippen molar-refractivity contribution in [2.45, 2.75) is 45.1 Å². The number of rotatable bonds is 8. The van der Waals surface area contributed by atoms with Gasteiger partial charge in [0.25, 0.3) is 0 Å². The van der Waals surface area contributed by atoms with E-state index in [1.807, 2.05) is 0 Å². The first-order valence-corrected chi connectivity index (χ1v) is 6.38. The Morgan fingerprint density at radius 3 is 2.59 bits per heavy atom. The molecule has 1 saturated carbocycles. The molecule has 0 aromatic rings. The van der Waals surface area contributed by atoms with Gasteiger partial charge in [0.2, 0.25) is 11.8 Å². The van der Waals surface area contributed by atoms with Crippen molar-refractivity contribution >= 4 is 11.8 Å². The van der Waals surface area contributed by atoms with Crippen molar-refractivity contribution in [1.29, 1.82) is 0 Å². The molecule has 0 bridgehead atoms. The molecule has 0 aromatic carbocycles. The van der Waals surface area contributed by atoms with Crippen LogP contribution in [0.2, 0.25) is 0 Å². The standard InChI is InChI=1S/C12H23N3O2/c1-9(6-7-13)2-5-11(16)14-8-12(17)15-10-3-4-10/h9-10H,2-8,13H2,1H3,(H,14,16)(H,15,17). The van der Waals surface area contributed by atoms with Crippen LogP contribution in [0.1, 0.15) is 39.0 Å². The van der Waals surface area contributed by atoms with E-state index >= 15 is 0 Å². The van der Waals surface area contributed by atoms with E-state index < -0.39 is 0 Å². The number of carbonyl (C=O) groups excluding carboxylic acids is 2. The first-order valence-electron chi connectivity index (χ1n) is 6.38. The molecule has 1 unspecified atom stereocenters. The van der Waals surface area contributed by atoms with Crippen molar-refractivity contribution in [2.75, 3.05) is 13.1 Å². The van der Waals surface area contributed by atoms with Gasteiger partial charge in [-0.25, -0.2) is 0 Å². The molecule has 0 aromatic heterocycles. The maximum Gasteiger partial charge on any atom is 0.239 e. The van der Waals surface area contributed by atoms with Gasteiger partial charge in [0, 0.05) is 12.5 Å². The zero-order chi connectivity index (χ0) is 12.7. The molecule has 0 spiro atoms. The predicted molar refractivity (Wildman–Crippen MR) is 66.2 cm³/mol. The normalized spacial score (nSPS) is 16.4. The highest BCUT2D eigenvalue weighted by atomic mass is 16.2. The maximum absolute atomic E-state index is 11.4. The minimum absolute atomic E-state index is 0.0557. The first-order chi connectivity index (χ1) is 8.11. The summed E-state index contributed by atoms with van der Waals surface area (Å²) < 4.78 is 0. The quantitative estimate of drug-likeness (QED) is 0.565. The molecule has 1 fully saturated rings. The van der Waals surface area contributed by atoms with Crippen molar-refractivity contribution in [3.63, 3.8) is 0 Å². The third-order valence-corrected chi connectivity index (χ3v) is 2.91. The lowest BCUT2D eigenvalue weighted by atomic mass is 10.0. The van der Waals surface area contributed by atoms with Gasteiger partial charge in [-0.05, 0) is 38.1 Å². The highest BCUT2D eigenvalue weighted by molar-refractivity contribution is 5.84. The fourth-order valence-corrected chi connectivity index (χ4v) is 1.58. The van der Waals surface area contributed by atoms with E-state index in [0.717, 1.165) is 25.7 Å². The minimum atomic E-state index is -0.0872. The van der Waals surface area contributed by atoms with Gasteiger partial charge in [0.05, 0.1) is 6.54 Å². The second-order valence-electron chi connectivity index (χ2n) is 4.84. The highest BCUT2D eigenvalue weighted by Crippen LogP contribution is 2.18. The Balaban J connectivity index is 2.01. The van der Waals surface area contributed by atoms with Crippen LogP contribution < -0.4 is 16.4 Å². The molecule has 1 atom stereocenters. The summed E-state index contributed by atoms with van der Waals surface area (Å²) in [5, 5.41) is 5.46. The van der Waals surface area contributed by atoms with E-state index in [1.165, 1.54) is 0 Å². The molecule has 1 aliphatic carbocycles. The third-order valence-electron chi connectivity index (χ3n) is 2.91. The van der Waals surface area contributed by atoms with E-state index in [-0.39, 0.29) is 18.4 Å². The summed E-state index contributed by atoms with van der Waals surface area (Å²) in [6, 6.07) is 0.351. The Morgan fingerprint density at radius 2 is 2.00 bits per heavy atom. The van der Waals surface area contributed by atoms with Crippen molar-refractivity contribution in [3.8, 4) is 0 Å². The molecule has 4 N–H and O–H groups in total. The van der Waals surface area contributed by atoms with Crippen LogP contribution in [-0.2, 0) is 9.59 Å². The van der Waals surface area contributed by atoms with E-state index in [9.17, 15) is 9.59 Å². The summed E-state index contributed by atoms with van der Waals surface area (Å²) in [6.07, 6.45) is 4.37. The van der Waals surface area contributed by atoms with E-state index in [1.54, 1.807) is 0 Å². The Morgan fingerprint density at radius 1 is 1.29 bits per heavy atom. The number of carbonyl (C=O) groups is 2. The van der Waals surface area contributed by atoms with Crippen LogP contribution in [0, 0.1) is 5.92 Å². The van der Waals surface area contributed by atoms with Gasteiger partial charge >= 0.3 is 0 Å². The summed E-state index contributed by atoms with van der Waals surface area (Å²) in [7, 11) is 0. The first kappa shape index (κ1) is 14.0. The highest BCUT2D eigenvalue weighted by Gasteiger charge is 2.23. The van der Waals surface area contributed by atoms with Gasteiger partial charge in [0.15, 0.2) is 0 Å². The zero-order valence-corrected chi connectivity index (χ0v) is 10.5. The smallest absolute Gasteiger partial charge is 0.239 e. The van der Waals surface area contributed by atoms with Crippen LogP contribution >= 0.6 is 0 Å². The number of nitrogens with one attached hydrogen (secondary N) is 2. The van der Waals surface area contributed by atoms with Crippen LogP contribution in [0.25, 0.3) is 0 Å². The van der Waals surface area contributed by atoms with Gasteiger partial charge in [-0.2, -0.15) is 0 Å². The Labute approximate surface area is 103 Å². The number of nitrogens with two attached hydrogens (primary N) is 1. The molecule has 0 radical (unpaired) electrons. The third kappa shape index (κ3) is 6.94. The van der Waals surface area contributed by atoms with Crippen LogP contribution in [-0.4, -0.2) is 30.9 Å². The lowest BCUT2D eigenvalue weighted by Crippen LogP contribution is -2.37. The zero-order valence-electron chi connectivity index (χ0n) is 10.5. The maximum atomic E-state index is 11.4. The summed E-state index contributed by atoms with van der Waals surface area (Å²) in [5.74, 6) is 0.321. The molecule has 0 saturated heterocycles. The fourth-order valence-electron chi connectivity index (χ4n) is 1.58. The molecule has 0 aliphatic heterocycles. The van der Waals surface area contributed by atoms with Gasteiger partial charge in [0.1, 0.15) is 0 Å². The second kappa shape index (κ2) is 7.27. The van der Waals surface area contributed by atoms with Crippen LogP contribution in [0.15, 0.2) is 0 Å². The predicted octanol–water partition coefficient (Wildman–Crippen LogP) is 0.146. The summed E-state index contributed by atoms with van der Waals surface area (Å²) in [6.45, 7) is 2.84. The van der Waals surface area contributed by atoms with E-state index in [0.29, 0.717) is 24.9 Å². The van der Waals surface area contributed by atoms with Gasteiger partial charge < -0.3 is 16.4 Å². The van der Waals surface area contributed by atoms with Crippen LogP contribution in [0.4, 0.5) is 0 Å². The number of hydrogen-bond acceptors (Lipinski definition) is 3. The number of hydrogen-bond donors (Lipinski definition) is 3. The number of amides is 2. The molecule has 17 heavy (non-hydrogen) atoms. The molecule has 0 heterocycles. The van der Waals surface area contributed by atoms with Gasteiger partial charge in [-0.1, -0.05) is 6.92 Å².